The van der Waals surface area contributed by atoms with Crippen molar-refractivity contribution < 1.29 is 4.42 Å². The zero-order valence-corrected chi connectivity index (χ0v) is 35.9. The molecule has 300 valence electrons. The molecule has 0 N–H and O–H groups in total. The van der Waals surface area contributed by atoms with Gasteiger partial charge < -0.3 is 9.32 Å². The molecule has 0 spiro atoms. The molecule has 0 unspecified atom stereocenters. The average Bonchev–Trinajstić information content (AvgIpc) is 3.99. The molecule has 0 atom stereocenters. The summed E-state index contributed by atoms with van der Waals surface area (Å²) < 4.78 is 7.31. The Morgan fingerprint density at radius 1 is 0.365 bits per heavy atom. The lowest BCUT2D eigenvalue weighted by molar-refractivity contribution is 0.648. The Balaban J connectivity index is 1.19. The van der Waals surface area contributed by atoms with Crippen molar-refractivity contribution in [1.29, 1.82) is 0 Å². The molecule has 0 bridgehead atoms. The van der Waals surface area contributed by atoms with E-state index in [1.807, 2.05) is 0 Å². The highest BCUT2D eigenvalue weighted by molar-refractivity contribution is 6.10. The average molecular weight is 808 g/mol. The molecule has 2 nitrogen and oxygen atoms in total. The van der Waals surface area contributed by atoms with E-state index >= 15 is 0 Å². The summed E-state index contributed by atoms with van der Waals surface area (Å²) in [7, 11) is 0. The summed E-state index contributed by atoms with van der Waals surface area (Å²) in [5.74, 6) is 0. The van der Waals surface area contributed by atoms with Gasteiger partial charge in [0.25, 0.3) is 0 Å². The van der Waals surface area contributed by atoms with E-state index < -0.39 is 5.41 Å². The van der Waals surface area contributed by atoms with Crippen LogP contribution in [0.25, 0.3) is 55.3 Å². The first-order chi connectivity index (χ1) is 30.8. The second-order valence-corrected chi connectivity index (χ2v) is 18.8. The third-order valence-electron chi connectivity index (χ3n) is 15.0. The Bertz CT molecular complexity index is 3380. The number of rotatable bonds is 5. The number of anilines is 3. The Hall–Kier alpha value is -7.42. The monoisotopic (exact) mass is 807 g/mol. The van der Waals surface area contributed by atoms with E-state index in [-0.39, 0.29) is 10.8 Å². The summed E-state index contributed by atoms with van der Waals surface area (Å²) in [6, 6.07) is 74.7. The zero-order chi connectivity index (χ0) is 42.2. The van der Waals surface area contributed by atoms with Gasteiger partial charge in [-0.3, -0.25) is 0 Å². The van der Waals surface area contributed by atoms with Gasteiger partial charge in [-0.05, 0) is 115 Å². The van der Waals surface area contributed by atoms with Crippen LogP contribution in [-0.4, -0.2) is 0 Å². The highest BCUT2D eigenvalue weighted by Gasteiger charge is 2.50. The molecule has 1 aromatic heterocycles. The fourth-order valence-corrected chi connectivity index (χ4v) is 12.1. The van der Waals surface area contributed by atoms with Crippen molar-refractivity contribution >= 4 is 39.0 Å². The molecule has 10 aromatic rings. The first-order valence-electron chi connectivity index (χ1n) is 22.3. The van der Waals surface area contributed by atoms with Crippen molar-refractivity contribution in [3.05, 3.63) is 245 Å². The normalized spacial score (nSPS) is 15.4. The fraction of sp³-hybridized carbons (Fsp3) is 0.115. The molecule has 63 heavy (non-hydrogen) atoms. The molecule has 0 fully saturated rings. The minimum absolute atomic E-state index is 0.185. The minimum Gasteiger partial charge on any atom is -0.456 e. The quantitative estimate of drug-likeness (QED) is 0.172. The predicted octanol–water partition coefficient (Wildman–Crippen LogP) is 16.0. The topological polar surface area (TPSA) is 16.4 Å². The summed E-state index contributed by atoms with van der Waals surface area (Å²) in [5, 5.41) is 2.22. The van der Waals surface area contributed by atoms with Gasteiger partial charge in [0, 0.05) is 38.5 Å². The van der Waals surface area contributed by atoms with Crippen LogP contribution in [0, 0.1) is 0 Å². The molecular formula is C61H45NO. The third-order valence-corrected chi connectivity index (χ3v) is 15.0. The second-order valence-electron chi connectivity index (χ2n) is 18.8. The maximum atomic E-state index is 7.31. The number of hydrogen-bond donors (Lipinski definition) is 0. The molecule has 0 aliphatic heterocycles. The van der Waals surface area contributed by atoms with E-state index in [1.165, 1.54) is 72.3 Å². The predicted molar refractivity (Wildman–Crippen MR) is 261 cm³/mol. The van der Waals surface area contributed by atoms with Crippen molar-refractivity contribution in [1.82, 2.24) is 0 Å². The Morgan fingerprint density at radius 3 is 1.37 bits per heavy atom. The van der Waals surface area contributed by atoms with Gasteiger partial charge in [-0.25, -0.2) is 0 Å². The van der Waals surface area contributed by atoms with Crippen LogP contribution in [0.4, 0.5) is 17.1 Å². The lowest BCUT2D eigenvalue weighted by Gasteiger charge is -2.38. The molecule has 0 amide bonds. The Kier molecular flexibility index (Phi) is 7.37. The Labute approximate surface area is 368 Å². The molecular weight excluding hydrogens is 763 g/mol. The van der Waals surface area contributed by atoms with Gasteiger partial charge in [-0.2, -0.15) is 0 Å². The molecule has 13 rings (SSSR count). The molecule has 0 radical (unpaired) electrons. The van der Waals surface area contributed by atoms with Crippen molar-refractivity contribution in [2.75, 3.05) is 4.90 Å². The van der Waals surface area contributed by atoms with E-state index in [2.05, 4.69) is 233 Å². The van der Waals surface area contributed by atoms with Gasteiger partial charge in [0.05, 0.1) is 11.1 Å². The maximum absolute atomic E-state index is 7.31. The molecule has 1 heterocycles. The number of hydrogen-bond acceptors (Lipinski definition) is 2. The lowest BCUT2D eigenvalue weighted by atomic mass is 9.66. The van der Waals surface area contributed by atoms with Gasteiger partial charge in [0.1, 0.15) is 11.2 Å². The smallest absolute Gasteiger partial charge is 0.142 e. The highest BCUT2D eigenvalue weighted by Crippen LogP contribution is 2.62. The number of benzene rings is 9. The summed E-state index contributed by atoms with van der Waals surface area (Å²) in [4.78, 5) is 2.55. The van der Waals surface area contributed by atoms with E-state index in [0.717, 1.165) is 44.6 Å². The van der Waals surface area contributed by atoms with Gasteiger partial charge >= 0.3 is 0 Å². The van der Waals surface area contributed by atoms with Gasteiger partial charge in [-0.15, -0.1) is 0 Å². The van der Waals surface area contributed by atoms with Crippen molar-refractivity contribution in [2.24, 2.45) is 0 Å². The standard InChI is InChI=1S/C61H45NO/c1-59(2)49-25-13-8-20-41(49)45-32-30-39(36-53(45)59)62(40-31-33-46-42-21-9-14-26-50(42)60(3,4)54(46)37-40)55-35-34-48-47-24-12-17-29-56(47)63-58(48)57(55)61(38-18-6-5-7-19-38)51-27-15-10-22-43(51)44-23-11-16-28-52(44)61/h5-37H,1-4H3. The second kappa shape index (κ2) is 12.8. The number of furan rings is 1. The van der Waals surface area contributed by atoms with E-state index in [0.29, 0.717) is 0 Å². The van der Waals surface area contributed by atoms with Crippen LogP contribution >= 0.6 is 0 Å². The largest absolute Gasteiger partial charge is 0.456 e. The summed E-state index contributed by atoms with van der Waals surface area (Å²) >= 11 is 0. The van der Waals surface area contributed by atoms with Gasteiger partial charge in [-0.1, -0.05) is 185 Å². The molecule has 3 aliphatic rings. The van der Waals surface area contributed by atoms with Crippen LogP contribution in [0.15, 0.2) is 205 Å². The van der Waals surface area contributed by atoms with Gasteiger partial charge in [0.15, 0.2) is 0 Å². The summed E-state index contributed by atoms with van der Waals surface area (Å²) in [6.07, 6.45) is 0. The van der Waals surface area contributed by atoms with Gasteiger partial charge in [0.2, 0.25) is 0 Å². The van der Waals surface area contributed by atoms with E-state index in [1.54, 1.807) is 0 Å². The van der Waals surface area contributed by atoms with E-state index in [4.69, 9.17) is 4.42 Å². The lowest BCUT2D eigenvalue weighted by Crippen LogP contribution is -2.31. The number of fused-ring (bicyclic) bond motifs is 12. The number of para-hydroxylation sites is 1. The molecule has 0 saturated heterocycles. The summed E-state index contributed by atoms with van der Waals surface area (Å²) in [5.41, 5.74) is 22.0. The third kappa shape index (κ3) is 4.73. The highest BCUT2D eigenvalue weighted by atomic mass is 16.3. The van der Waals surface area contributed by atoms with Crippen LogP contribution in [0.1, 0.15) is 72.2 Å². The van der Waals surface area contributed by atoms with Crippen molar-refractivity contribution in [2.45, 2.75) is 43.9 Å². The molecule has 9 aromatic carbocycles. The van der Waals surface area contributed by atoms with Crippen LogP contribution < -0.4 is 4.90 Å². The van der Waals surface area contributed by atoms with Crippen LogP contribution in [0.3, 0.4) is 0 Å². The molecule has 3 aliphatic carbocycles. The molecule has 2 heteroatoms. The van der Waals surface area contributed by atoms with Crippen molar-refractivity contribution in [3.63, 3.8) is 0 Å². The molecule has 0 saturated carbocycles. The SMILES string of the molecule is CC1(C)c2ccccc2-c2ccc(N(c3ccc4c(c3)C(C)(C)c3ccccc3-4)c3ccc4c(oc5ccccc54)c3C3(c4ccccc4)c4ccccc4-c4ccccc43)cc21. The van der Waals surface area contributed by atoms with Crippen LogP contribution in [0.5, 0.6) is 0 Å². The first kappa shape index (κ1) is 36.3. The van der Waals surface area contributed by atoms with Crippen LogP contribution in [0.2, 0.25) is 0 Å². The fourth-order valence-electron chi connectivity index (χ4n) is 12.1. The number of nitrogens with zero attached hydrogens (tertiary/aromatic N) is 1. The Morgan fingerprint density at radius 2 is 0.810 bits per heavy atom. The first-order valence-corrected chi connectivity index (χ1v) is 22.3. The maximum Gasteiger partial charge on any atom is 0.142 e. The van der Waals surface area contributed by atoms with E-state index in [9.17, 15) is 0 Å². The van der Waals surface area contributed by atoms with Crippen molar-refractivity contribution in [3.8, 4) is 33.4 Å². The van der Waals surface area contributed by atoms with Crippen LogP contribution in [-0.2, 0) is 16.2 Å². The summed E-state index contributed by atoms with van der Waals surface area (Å²) in [6.45, 7) is 9.51. The minimum atomic E-state index is -0.742. The zero-order valence-electron chi connectivity index (χ0n) is 35.9.